The third-order valence-electron chi connectivity index (χ3n) is 3.38. The molecular formula is C18H14Cl2N4O. The van der Waals surface area contributed by atoms with Crippen LogP contribution in [0, 0.1) is 6.92 Å². The van der Waals surface area contributed by atoms with Crippen LogP contribution in [0.4, 0.5) is 17.3 Å². The number of carbonyl (C=O) groups is 1. The van der Waals surface area contributed by atoms with Crippen molar-refractivity contribution in [1.82, 2.24) is 9.97 Å². The van der Waals surface area contributed by atoms with E-state index < -0.39 is 0 Å². The zero-order valence-electron chi connectivity index (χ0n) is 13.3. The number of nitrogens with zero attached hydrogens (tertiary/aromatic N) is 2. The summed E-state index contributed by atoms with van der Waals surface area (Å²) < 4.78 is 0. The van der Waals surface area contributed by atoms with Crippen LogP contribution in [-0.2, 0) is 0 Å². The number of carbonyl (C=O) groups excluding carboxylic acids is 1. The van der Waals surface area contributed by atoms with Crippen LogP contribution in [0.5, 0.6) is 0 Å². The minimum Gasteiger partial charge on any atom is -0.325 e. The van der Waals surface area contributed by atoms with Gasteiger partial charge in [0.1, 0.15) is 11.6 Å². The highest BCUT2D eigenvalue weighted by Crippen LogP contribution is 2.25. The van der Waals surface area contributed by atoms with E-state index in [0.717, 1.165) is 5.56 Å². The molecule has 7 heteroatoms. The van der Waals surface area contributed by atoms with Crippen LogP contribution in [0.25, 0.3) is 0 Å². The van der Waals surface area contributed by atoms with Crippen molar-refractivity contribution in [3.63, 3.8) is 0 Å². The van der Waals surface area contributed by atoms with Crippen LogP contribution < -0.4 is 10.6 Å². The maximum absolute atomic E-state index is 12.4. The van der Waals surface area contributed by atoms with Crippen LogP contribution in [0.2, 0.25) is 10.0 Å². The Labute approximate surface area is 155 Å². The van der Waals surface area contributed by atoms with Gasteiger partial charge in [0, 0.05) is 24.1 Å². The molecule has 3 rings (SSSR count). The molecule has 1 amide bonds. The van der Waals surface area contributed by atoms with Gasteiger partial charge in [-0.25, -0.2) is 9.97 Å². The first-order chi connectivity index (χ1) is 12.0. The topological polar surface area (TPSA) is 66.9 Å². The predicted octanol–water partition coefficient (Wildman–Crippen LogP) is 5.09. The van der Waals surface area contributed by atoms with Crippen molar-refractivity contribution in [2.24, 2.45) is 0 Å². The lowest BCUT2D eigenvalue weighted by molar-refractivity contribution is 0.102. The van der Waals surface area contributed by atoms with E-state index in [1.54, 1.807) is 42.7 Å². The molecule has 0 saturated heterocycles. The molecule has 3 aromatic rings. The molecule has 0 saturated carbocycles. The fourth-order valence-electron chi connectivity index (χ4n) is 2.16. The van der Waals surface area contributed by atoms with Gasteiger partial charge in [0.25, 0.3) is 5.91 Å². The maximum atomic E-state index is 12.4. The maximum Gasteiger partial charge on any atom is 0.258 e. The van der Waals surface area contributed by atoms with Gasteiger partial charge in [0.15, 0.2) is 0 Å². The van der Waals surface area contributed by atoms with Crippen molar-refractivity contribution in [2.75, 3.05) is 10.6 Å². The molecule has 25 heavy (non-hydrogen) atoms. The molecule has 126 valence electrons. The molecule has 2 heterocycles. The second kappa shape index (κ2) is 7.51. The molecule has 0 fully saturated rings. The number of hydrogen-bond acceptors (Lipinski definition) is 4. The minimum absolute atomic E-state index is 0.234. The molecule has 2 N–H and O–H groups in total. The summed E-state index contributed by atoms with van der Waals surface area (Å²) in [6.07, 6.45) is 3.34. The molecule has 0 spiro atoms. The Kier molecular flexibility index (Phi) is 5.16. The number of aromatic nitrogens is 2. The van der Waals surface area contributed by atoms with E-state index in [0.29, 0.717) is 27.4 Å². The third-order valence-corrected chi connectivity index (χ3v) is 4.01. The van der Waals surface area contributed by atoms with E-state index in [2.05, 4.69) is 20.6 Å². The van der Waals surface area contributed by atoms with Crippen molar-refractivity contribution >= 4 is 46.4 Å². The number of aryl methyl sites for hydroxylation is 1. The zero-order valence-corrected chi connectivity index (χ0v) is 14.8. The summed E-state index contributed by atoms with van der Waals surface area (Å²) in [6.45, 7) is 1.96. The number of amides is 1. The number of anilines is 3. The summed E-state index contributed by atoms with van der Waals surface area (Å²) in [5.41, 5.74) is 1.86. The minimum atomic E-state index is -0.388. The summed E-state index contributed by atoms with van der Waals surface area (Å²) in [7, 11) is 0. The Morgan fingerprint density at radius 1 is 1.00 bits per heavy atom. The highest BCUT2D eigenvalue weighted by molar-refractivity contribution is 6.40. The SMILES string of the molecule is Cc1ccc(Nc2cc(NC(=O)c3c(Cl)cccc3Cl)ccn2)nc1. The van der Waals surface area contributed by atoms with Gasteiger partial charge in [-0.05, 0) is 36.8 Å². The van der Waals surface area contributed by atoms with Gasteiger partial charge in [-0.15, -0.1) is 0 Å². The molecular weight excluding hydrogens is 359 g/mol. The van der Waals surface area contributed by atoms with E-state index in [-0.39, 0.29) is 11.5 Å². The largest absolute Gasteiger partial charge is 0.325 e. The molecule has 0 radical (unpaired) electrons. The molecule has 1 aromatic carbocycles. The molecule has 0 aliphatic heterocycles. The van der Waals surface area contributed by atoms with Crippen molar-refractivity contribution in [3.8, 4) is 0 Å². The predicted molar refractivity (Wildman–Crippen MR) is 101 cm³/mol. The number of nitrogens with one attached hydrogen (secondary N) is 2. The Hall–Kier alpha value is -2.63. The highest BCUT2D eigenvalue weighted by Gasteiger charge is 2.14. The van der Waals surface area contributed by atoms with Crippen LogP contribution in [0.1, 0.15) is 15.9 Å². The van der Waals surface area contributed by atoms with Gasteiger partial charge in [-0.2, -0.15) is 0 Å². The molecule has 0 aliphatic rings. The summed E-state index contributed by atoms with van der Waals surface area (Å²) in [5, 5.41) is 6.43. The number of rotatable bonds is 4. The first kappa shape index (κ1) is 17.2. The Bertz CT molecular complexity index is 893. The van der Waals surface area contributed by atoms with Gasteiger partial charge in [-0.3, -0.25) is 4.79 Å². The van der Waals surface area contributed by atoms with Crippen LogP contribution in [-0.4, -0.2) is 15.9 Å². The van der Waals surface area contributed by atoms with E-state index in [9.17, 15) is 4.79 Å². The molecule has 0 atom stereocenters. The molecule has 0 bridgehead atoms. The normalized spacial score (nSPS) is 10.4. The summed E-state index contributed by atoms with van der Waals surface area (Å²) in [4.78, 5) is 20.9. The Balaban J connectivity index is 1.77. The Morgan fingerprint density at radius 3 is 2.44 bits per heavy atom. The third kappa shape index (κ3) is 4.26. The lowest BCUT2D eigenvalue weighted by Crippen LogP contribution is -2.13. The smallest absolute Gasteiger partial charge is 0.258 e. The number of halogens is 2. The fourth-order valence-corrected chi connectivity index (χ4v) is 2.73. The lowest BCUT2D eigenvalue weighted by Gasteiger charge is -2.10. The summed E-state index contributed by atoms with van der Waals surface area (Å²) in [6, 6.07) is 12.1. The van der Waals surface area contributed by atoms with Crippen molar-refractivity contribution in [2.45, 2.75) is 6.92 Å². The molecule has 0 aliphatic carbocycles. The van der Waals surface area contributed by atoms with E-state index >= 15 is 0 Å². The Morgan fingerprint density at radius 2 is 1.76 bits per heavy atom. The van der Waals surface area contributed by atoms with Crippen LogP contribution >= 0.6 is 23.2 Å². The molecule has 0 unspecified atom stereocenters. The summed E-state index contributed by atoms with van der Waals surface area (Å²) >= 11 is 12.1. The molecule has 2 aromatic heterocycles. The molecule has 5 nitrogen and oxygen atoms in total. The first-order valence-electron chi connectivity index (χ1n) is 7.44. The monoisotopic (exact) mass is 372 g/mol. The van der Waals surface area contributed by atoms with E-state index in [1.807, 2.05) is 19.1 Å². The average Bonchev–Trinajstić information content (AvgIpc) is 2.57. The quantitative estimate of drug-likeness (QED) is 0.669. The van der Waals surface area contributed by atoms with Crippen LogP contribution in [0.3, 0.4) is 0 Å². The van der Waals surface area contributed by atoms with E-state index in [4.69, 9.17) is 23.2 Å². The first-order valence-corrected chi connectivity index (χ1v) is 8.19. The van der Waals surface area contributed by atoms with Gasteiger partial charge in [0.2, 0.25) is 0 Å². The van der Waals surface area contributed by atoms with E-state index in [1.165, 1.54) is 0 Å². The number of hydrogen-bond donors (Lipinski definition) is 2. The van der Waals surface area contributed by atoms with Crippen molar-refractivity contribution in [3.05, 3.63) is 76.0 Å². The van der Waals surface area contributed by atoms with Crippen LogP contribution in [0.15, 0.2) is 54.9 Å². The highest BCUT2D eigenvalue weighted by atomic mass is 35.5. The second-order valence-corrected chi connectivity index (χ2v) is 6.14. The lowest BCUT2D eigenvalue weighted by atomic mass is 10.2. The zero-order chi connectivity index (χ0) is 17.8. The fraction of sp³-hybridized carbons (Fsp3) is 0.0556. The standard InChI is InChI=1S/C18H14Cl2N4O/c1-11-5-6-15(22-10-11)24-16-9-12(7-8-21-16)23-18(25)17-13(19)3-2-4-14(17)20/h2-10H,1H3,(H2,21,22,23,24,25). The van der Waals surface area contributed by atoms with Crippen molar-refractivity contribution < 1.29 is 4.79 Å². The number of benzene rings is 1. The number of pyridine rings is 2. The van der Waals surface area contributed by atoms with Gasteiger partial charge in [0.05, 0.1) is 15.6 Å². The summed E-state index contributed by atoms with van der Waals surface area (Å²) in [5.74, 6) is 0.830. The van der Waals surface area contributed by atoms with Gasteiger partial charge < -0.3 is 10.6 Å². The second-order valence-electron chi connectivity index (χ2n) is 5.33. The van der Waals surface area contributed by atoms with Crippen molar-refractivity contribution in [1.29, 1.82) is 0 Å². The average molecular weight is 373 g/mol. The van der Waals surface area contributed by atoms with Gasteiger partial charge >= 0.3 is 0 Å². The van der Waals surface area contributed by atoms with Gasteiger partial charge in [-0.1, -0.05) is 35.3 Å².